The summed E-state index contributed by atoms with van der Waals surface area (Å²) in [5.74, 6) is -0.574. The maximum Gasteiger partial charge on any atom is 0.573 e. The topological polar surface area (TPSA) is 58.9 Å². The van der Waals surface area contributed by atoms with Crippen molar-refractivity contribution in [2.45, 2.75) is 45.3 Å². The molecule has 0 bridgehead atoms. The van der Waals surface area contributed by atoms with Gasteiger partial charge in [-0.15, -0.1) is 13.2 Å². The molecule has 0 fully saturated rings. The van der Waals surface area contributed by atoms with Crippen LogP contribution < -0.4 is 10.2 Å². The van der Waals surface area contributed by atoms with Crippen molar-refractivity contribution >= 4 is 28.5 Å². The number of halogens is 4. The Morgan fingerprint density at radius 1 is 1.14 bits per heavy atom. The molecule has 0 radical (unpaired) electrons. The van der Waals surface area contributed by atoms with Crippen LogP contribution in [0.5, 0.6) is 5.75 Å². The SMILES string of the molecule is CC(C)(O)C(C)(C)OB(O)c1cc(Br)ccc1OC(F)(F)F. The van der Waals surface area contributed by atoms with Crippen LogP contribution in [0.4, 0.5) is 13.2 Å². The first kappa shape index (κ1) is 19.3. The van der Waals surface area contributed by atoms with Crippen LogP contribution in [-0.4, -0.2) is 34.8 Å². The van der Waals surface area contributed by atoms with Gasteiger partial charge in [0.2, 0.25) is 0 Å². The molecule has 0 aliphatic rings. The van der Waals surface area contributed by atoms with Crippen LogP contribution in [0.1, 0.15) is 27.7 Å². The first-order valence-electron chi connectivity index (χ1n) is 6.36. The Morgan fingerprint density at radius 3 is 2.14 bits per heavy atom. The number of aliphatic hydroxyl groups is 1. The van der Waals surface area contributed by atoms with Crippen LogP contribution in [0.2, 0.25) is 0 Å². The van der Waals surface area contributed by atoms with Gasteiger partial charge in [-0.1, -0.05) is 15.9 Å². The number of alkyl halides is 3. The van der Waals surface area contributed by atoms with E-state index < -0.39 is 30.4 Å². The van der Waals surface area contributed by atoms with E-state index in [2.05, 4.69) is 20.7 Å². The first-order valence-corrected chi connectivity index (χ1v) is 7.16. The number of ether oxygens (including phenoxy) is 1. The lowest BCUT2D eigenvalue weighted by molar-refractivity contribution is -0.274. The van der Waals surface area contributed by atoms with E-state index in [0.717, 1.165) is 6.07 Å². The van der Waals surface area contributed by atoms with E-state index in [1.54, 1.807) is 0 Å². The van der Waals surface area contributed by atoms with Crippen molar-refractivity contribution in [2.75, 3.05) is 0 Å². The van der Waals surface area contributed by atoms with Gasteiger partial charge in [0, 0.05) is 9.94 Å². The minimum atomic E-state index is -4.89. The molecule has 0 spiro atoms. The molecule has 0 amide bonds. The summed E-state index contributed by atoms with van der Waals surface area (Å²) in [6, 6.07) is 3.67. The van der Waals surface area contributed by atoms with Crippen molar-refractivity contribution < 1.29 is 32.7 Å². The molecule has 0 heterocycles. The predicted molar refractivity (Wildman–Crippen MR) is 79.9 cm³/mol. The van der Waals surface area contributed by atoms with Crippen molar-refractivity contribution in [3.8, 4) is 5.75 Å². The molecule has 0 saturated carbocycles. The van der Waals surface area contributed by atoms with E-state index in [-0.39, 0.29) is 5.46 Å². The van der Waals surface area contributed by atoms with E-state index in [9.17, 15) is 23.3 Å². The van der Waals surface area contributed by atoms with Gasteiger partial charge in [-0.05, 0) is 45.9 Å². The molecule has 0 saturated heterocycles. The molecule has 1 rings (SSSR count). The molecule has 2 N–H and O–H groups in total. The first-order chi connectivity index (χ1) is 9.73. The molecule has 124 valence electrons. The van der Waals surface area contributed by atoms with Crippen molar-refractivity contribution in [2.24, 2.45) is 0 Å². The van der Waals surface area contributed by atoms with Crippen LogP contribution >= 0.6 is 15.9 Å². The Morgan fingerprint density at radius 2 is 1.68 bits per heavy atom. The normalized spacial score (nSPS) is 13.2. The van der Waals surface area contributed by atoms with Gasteiger partial charge in [0.25, 0.3) is 0 Å². The van der Waals surface area contributed by atoms with Crippen LogP contribution in [0.25, 0.3) is 0 Å². The zero-order valence-corrected chi connectivity index (χ0v) is 14.1. The summed E-state index contributed by atoms with van der Waals surface area (Å²) in [5, 5.41) is 20.1. The molecule has 0 atom stereocenters. The molecule has 9 heteroatoms. The highest BCUT2D eigenvalue weighted by molar-refractivity contribution is 9.10. The van der Waals surface area contributed by atoms with Gasteiger partial charge in [0.1, 0.15) is 5.75 Å². The number of hydrogen-bond donors (Lipinski definition) is 2. The minimum Gasteiger partial charge on any atom is -0.423 e. The third-order valence-electron chi connectivity index (χ3n) is 3.34. The van der Waals surface area contributed by atoms with Crippen LogP contribution in [-0.2, 0) is 4.65 Å². The summed E-state index contributed by atoms with van der Waals surface area (Å²) in [7, 11) is -1.71. The van der Waals surface area contributed by atoms with E-state index in [1.165, 1.54) is 39.8 Å². The number of hydrogen-bond acceptors (Lipinski definition) is 4. The maximum atomic E-state index is 12.4. The van der Waals surface area contributed by atoms with E-state index in [1.807, 2.05) is 0 Å². The molecule has 0 aliphatic heterocycles. The fourth-order valence-corrected chi connectivity index (χ4v) is 1.80. The van der Waals surface area contributed by atoms with Gasteiger partial charge in [0.05, 0.1) is 11.2 Å². The summed E-state index contributed by atoms with van der Waals surface area (Å²) >= 11 is 3.11. The Bertz CT molecular complexity index is 529. The third kappa shape index (κ3) is 5.15. The van der Waals surface area contributed by atoms with Gasteiger partial charge in [-0.25, -0.2) is 0 Å². The highest BCUT2D eigenvalue weighted by Gasteiger charge is 2.41. The summed E-state index contributed by atoms with van der Waals surface area (Å²) in [5.41, 5.74) is -2.75. The smallest absolute Gasteiger partial charge is 0.423 e. The maximum absolute atomic E-state index is 12.4. The monoisotopic (exact) mass is 384 g/mol. The molecule has 0 aliphatic carbocycles. The molecular weight excluding hydrogens is 368 g/mol. The van der Waals surface area contributed by atoms with E-state index in [4.69, 9.17) is 4.65 Å². The van der Waals surface area contributed by atoms with E-state index >= 15 is 0 Å². The Balaban J connectivity index is 3.12. The van der Waals surface area contributed by atoms with Crippen molar-refractivity contribution in [3.63, 3.8) is 0 Å². The van der Waals surface area contributed by atoms with Crippen molar-refractivity contribution in [1.82, 2.24) is 0 Å². The molecule has 0 unspecified atom stereocenters. The van der Waals surface area contributed by atoms with Gasteiger partial charge >= 0.3 is 13.5 Å². The average Bonchev–Trinajstić information content (AvgIpc) is 2.27. The fraction of sp³-hybridized carbons (Fsp3) is 0.538. The molecular formula is C13H17BBrF3O4. The van der Waals surface area contributed by atoms with Crippen LogP contribution in [0.15, 0.2) is 22.7 Å². The zero-order chi connectivity index (χ0) is 17.3. The van der Waals surface area contributed by atoms with E-state index in [0.29, 0.717) is 4.47 Å². The molecule has 22 heavy (non-hydrogen) atoms. The lowest BCUT2D eigenvalue weighted by atomic mass is 9.76. The fourth-order valence-electron chi connectivity index (χ4n) is 1.42. The average molecular weight is 385 g/mol. The Kier molecular flexibility index (Phi) is 5.60. The second kappa shape index (κ2) is 6.39. The third-order valence-corrected chi connectivity index (χ3v) is 3.84. The number of benzene rings is 1. The summed E-state index contributed by atoms with van der Waals surface area (Å²) in [4.78, 5) is 0. The van der Waals surface area contributed by atoms with Crippen LogP contribution in [0, 0.1) is 0 Å². The molecule has 4 nitrogen and oxygen atoms in total. The predicted octanol–water partition coefficient (Wildman–Crippen LogP) is 2.60. The Labute approximate surface area is 135 Å². The zero-order valence-electron chi connectivity index (χ0n) is 12.5. The molecule has 0 aromatic heterocycles. The standard InChI is InChI=1S/C13H17BBrF3O4/c1-11(2,19)12(3,4)22-14(20)9-7-8(15)5-6-10(9)21-13(16,17)18/h5-7,19-20H,1-4H3. The summed E-state index contributed by atoms with van der Waals surface area (Å²) in [6.45, 7) is 5.96. The van der Waals surface area contributed by atoms with Gasteiger partial charge in [0.15, 0.2) is 0 Å². The van der Waals surface area contributed by atoms with Crippen molar-refractivity contribution in [3.05, 3.63) is 22.7 Å². The quantitative estimate of drug-likeness (QED) is 0.766. The van der Waals surface area contributed by atoms with Gasteiger partial charge < -0.3 is 19.5 Å². The Hall–Kier alpha value is -0.765. The molecule has 1 aromatic carbocycles. The lowest BCUT2D eigenvalue weighted by Gasteiger charge is -2.38. The largest absolute Gasteiger partial charge is 0.573 e. The van der Waals surface area contributed by atoms with Crippen LogP contribution in [0.3, 0.4) is 0 Å². The second-order valence-corrected chi connectivity index (χ2v) is 6.69. The van der Waals surface area contributed by atoms with Gasteiger partial charge in [-0.2, -0.15) is 0 Å². The number of rotatable bonds is 5. The summed E-state index contributed by atoms with van der Waals surface area (Å²) < 4.78 is 46.9. The minimum absolute atomic E-state index is 0.205. The second-order valence-electron chi connectivity index (χ2n) is 5.77. The van der Waals surface area contributed by atoms with Crippen molar-refractivity contribution in [1.29, 1.82) is 0 Å². The van der Waals surface area contributed by atoms with Gasteiger partial charge in [-0.3, -0.25) is 0 Å². The highest BCUT2D eigenvalue weighted by Crippen LogP contribution is 2.27. The summed E-state index contributed by atoms with van der Waals surface area (Å²) in [6.07, 6.45) is -4.89. The lowest BCUT2D eigenvalue weighted by Crippen LogP contribution is -2.53. The highest BCUT2D eigenvalue weighted by atomic mass is 79.9. The molecule has 1 aromatic rings.